The molecule has 3 heteroatoms. The van der Waals surface area contributed by atoms with Crippen molar-refractivity contribution in [3.8, 4) is 117 Å². The van der Waals surface area contributed by atoms with E-state index >= 15 is 0 Å². The Labute approximate surface area is 701 Å². The van der Waals surface area contributed by atoms with Crippen LogP contribution in [0.15, 0.2) is 419 Å². The summed E-state index contributed by atoms with van der Waals surface area (Å²) in [7, 11) is 0. The Bertz CT molecular complexity index is 7530. The normalized spacial score (nSPS) is 13.4. The molecule has 0 N–H and O–H groups in total. The third-order valence-corrected chi connectivity index (χ3v) is 26.4. The van der Waals surface area contributed by atoms with Gasteiger partial charge in [0.2, 0.25) is 0 Å². The zero-order chi connectivity index (χ0) is 80.5. The maximum absolute atomic E-state index is 2.44. The van der Waals surface area contributed by atoms with Crippen LogP contribution in [0.25, 0.3) is 183 Å². The molecule has 570 valence electrons. The van der Waals surface area contributed by atoms with Crippen LogP contribution in [-0.2, 0) is 16.2 Å². The fourth-order valence-electron chi connectivity index (χ4n) is 20.8. The summed E-state index contributed by atoms with van der Waals surface area (Å²) < 4.78 is 7.29. The van der Waals surface area contributed by atoms with Crippen molar-refractivity contribution in [3.05, 3.63) is 452 Å². The summed E-state index contributed by atoms with van der Waals surface area (Å²) in [6, 6.07) is 153. The van der Waals surface area contributed by atoms with Crippen molar-refractivity contribution in [1.82, 2.24) is 13.7 Å². The summed E-state index contributed by atoms with van der Waals surface area (Å²) >= 11 is 0. The smallest absolute Gasteiger partial charge is 0.0619 e. The number of hydrogen-bond acceptors (Lipinski definition) is 0. The van der Waals surface area contributed by atoms with E-state index in [0.29, 0.717) is 0 Å². The molecule has 0 aliphatic heterocycles. The van der Waals surface area contributed by atoms with Gasteiger partial charge >= 0.3 is 0 Å². The number of benzene rings is 18. The molecule has 24 rings (SSSR count). The summed E-state index contributed by atoms with van der Waals surface area (Å²) in [5, 5.41) is 7.71. The molecule has 0 spiro atoms. The average molecular weight is 1540 g/mol. The lowest BCUT2D eigenvalue weighted by atomic mass is 9.78. The summed E-state index contributed by atoms with van der Waals surface area (Å²) in [5.41, 5.74) is 42.5. The fourth-order valence-corrected chi connectivity index (χ4v) is 20.8. The molecule has 0 saturated heterocycles. The molecule has 18 aromatic carbocycles. The number of rotatable bonds is 9. The molecule has 21 aromatic rings. The highest BCUT2D eigenvalue weighted by atomic mass is 15.0. The van der Waals surface area contributed by atoms with Gasteiger partial charge in [0, 0.05) is 71.2 Å². The standard InChI is InChI=1S/3C39H29N/c1-39(2)34-19-8-6-14-29(34)31-17-10-18-32(38(31)39)30-16-11-21-36-37(30)33-15-7-9-20-35(33)40(36)28-24-22-27(23-25-28)26-12-4-3-5-13-26;1-39(2)35-17-8-6-13-31(35)34-16-10-15-30(38(34)39)28-21-24-33-32-14-7-9-18-36(32)40(37(33)25-28)29-22-19-27(20-23-29)26-11-4-3-5-12-26;1-39(2)35-17-8-6-13-31(35)34-25-28(21-24-36(34)39)30-15-10-16-33-32-14-7-9-18-37(32)40(38(30)33)29-22-19-27(20-23-29)26-11-4-3-5-12-26/h3*3-25H,1-2H3. The number of fused-ring (bicyclic) bond motifs is 18. The van der Waals surface area contributed by atoms with Gasteiger partial charge in [-0.05, 0) is 201 Å². The maximum Gasteiger partial charge on any atom is 0.0619 e. The number of para-hydroxylation sites is 4. The molecule has 0 bridgehead atoms. The van der Waals surface area contributed by atoms with E-state index < -0.39 is 0 Å². The Morgan fingerprint density at radius 3 is 1.02 bits per heavy atom. The van der Waals surface area contributed by atoms with Crippen LogP contribution in [0.1, 0.15) is 74.9 Å². The molecule has 0 fully saturated rings. The molecule has 3 aromatic heterocycles. The van der Waals surface area contributed by atoms with E-state index in [2.05, 4.69) is 474 Å². The molecule has 0 radical (unpaired) electrons. The minimum atomic E-state index is -0.0731. The second kappa shape index (κ2) is 28.3. The average Bonchev–Trinajstić information content (AvgIpc) is 1.74. The van der Waals surface area contributed by atoms with Gasteiger partial charge in [-0.25, -0.2) is 0 Å². The van der Waals surface area contributed by atoms with E-state index in [1.807, 2.05) is 0 Å². The van der Waals surface area contributed by atoms with Crippen LogP contribution in [0.4, 0.5) is 0 Å². The molecule has 0 atom stereocenters. The van der Waals surface area contributed by atoms with Gasteiger partial charge in [0.05, 0.1) is 33.1 Å². The topological polar surface area (TPSA) is 14.8 Å². The van der Waals surface area contributed by atoms with Crippen LogP contribution in [-0.4, -0.2) is 13.7 Å². The molecule has 0 unspecified atom stereocenters. The van der Waals surface area contributed by atoms with Gasteiger partial charge in [-0.15, -0.1) is 0 Å². The lowest BCUT2D eigenvalue weighted by Crippen LogP contribution is -2.16. The molecule has 3 aliphatic rings. The second-order valence-corrected chi connectivity index (χ2v) is 34.2. The van der Waals surface area contributed by atoms with Crippen molar-refractivity contribution in [2.24, 2.45) is 0 Å². The SMILES string of the molecule is CC1(C)c2ccccc2-c2cc(-c3cccc4c5ccccc5n(-c5ccc(-c6ccccc6)cc5)c34)ccc21.CC1(C)c2ccccc2-c2cccc(-c3ccc4c5ccccc5n(-c5ccc(-c6ccccc6)cc5)c4c3)c21.CC1(C)c2ccccc2-c2cccc(-c3cccc4c3c3ccccc3n4-c3ccc(-c4ccccc4)cc3)c21. The van der Waals surface area contributed by atoms with E-state index in [9.17, 15) is 0 Å². The summed E-state index contributed by atoms with van der Waals surface area (Å²) in [6.07, 6.45) is 0. The van der Waals surface area contributed by atoms with Crippen molar-refractivity contribution in [1.29, 1.82) is 0 Å². The van der Waals surface area contributed by atoms with Gasteiger partial charge < -0.3 is 13.7 Å². The lowest BCUT2D eigenvalue weighted by Gasteiger charge is -2.25. The van der Waals surface area contributed by atoms with E-state index in [-0.39, 0.29) is 16.2 Å². The van der Waals surface area contributed by atoms with Crippen LogP contribution in [0, 0.1) is 0 Å². The van der Waals surface area contributed by atoms with Crippen LogP contribution in [0.5, 0.6) is 0 Å². The highest BCUT2D eigenvalue weighted by Gasteiger charge is 2.40. The van der Waals surface area contributed by atoms with Gasteiger partial charge in [-0.3, -0.25) is 0 Å². The molecule has 120 heavy (non-hydrogen) atoms. The van der Waals surface area contributed by atoms with Crippen molar-refractivity contribution >= 4 is 65.4 Å². The first-order valence-electron chi connectivity index (χ1n) is 42.1. The van der Waals surface area contributed by atoms with Crippen LogP contribution >= 0.6 is 0 Å². The number of hydrogen-bond donors (Lipinski definition) is 0. The van der Waals surface area contributed by atoms with Gasteiger partial charge in [0.1, 0.15) is 0 Å². The zero-order valence-corrected chi connectivity index (χ0v) is 68.2. The van der Waals surface area contributed by atoms with Crippen LogP contribution < -0.4 is 0 Å². The van der Waals surface area contributed by atoms with Crippen LogP contribution in [0.2, 0.25) is 0 Å². The summed E-state index contributed by atoms with van der Waals surface area (Å²) in [6.45, 7) is 14.2. The Kier molecular flexibility index (Phi) is 17.0. The molecule has 3 nitrogen and oxygen atoms in total. The van der Waals surface area contributed by atoms with Gasteiger partial charge in [-0.1, -0.05) is 387 Å². The monoisotopic (exact) mass is 1530 g/mol. The third-order valence-electron chi connectivity index (χ3n) is 26.4. The van der Waals surface area contributed by atoms with Gasteiger partial charge in [0.15, 0.2) is 0 Å². The Morgan fingerprint density at radius 2 is 0.475 bits per heavy atom. The zero-order valence-electron chi connectivity index (χ0n) is 68.2. The van der Waals surface area contributed by atoms with E-state index in [0.717, 1.165) is 0 Å². The minimum absolute atomic E-state index is 0.00582. The lowest BCUT2D eigenvalue weighted by molar-refractivity contribution is 0.660. The largest absolute Gasteiger partial charge is 0.309 e. The van der Waals surface area contributed by atoms with Crippen molar-refractivity contribution in [2.75, 3.05) is 0 Å². The van der Waals surface area contributed by atoms with Crippen molar-refractivity contribution < 1.29 is 0 Å². The Balaban J connectivity index is 0.000000108. The molecule has 0 saturated carbocycles. The Hall–Kier alpha value is -14.6. The first-order valence-corrected chi connectivity index (χ1v) is 42.1. The molecule has 3 heterocycles. The highest BCUT2D eigenvalue weighted by molar-refractivity contribution is 6.18. The predicted molar refractivity (Wildman–Crippen MR) is 508 cm³/mol. The van der Waals surface area contributed by atoms with Crippen molar-refractivity contribution in [3.63, 3.8) is 0 Å². The van der Waals surface area contributed by atoms with E-state index in [1.54, 1.807) is 0 Å². The first-order chi connectivity index (χ1) is 58.8. The highest BCUT2D eigenvalue weighted by Crippen LogP contribution is 2.56. The van der Waals surface area contributed by atoms with E-state index in [4.69, 9.17) is 0 Å². The molecule has 0 amide bonds. The fraction of sp³-hybridized carbons (Fsp3) is 0.0769. The number of nitrogens with zero attached hydrogens (tertiary/aromatic N) is 3. The van der Waals surface area contributed by atoms with E-state index in [1.165, 1.54) is 216 Å². The summed E-state index contributed by atoms with van der Waals surface area (Å²) in [4.78, 5) is 0. The Morgan fingerprint density at radius 1 is 0.167 bits per heavy atom. The van der Waals surface area contributed by atoms with Crippen LogP contribution in [0.3, 0.4) is 0 Å². The van der Waals surface area contributed by atoms with Gasteiger partial charge in [0.25, 0.3) is 0 Å². The molecular weight excluding hydrogens is 1450 g/mol. The third kappa shape index (κ3) is 11.5. The van der Waals surface area contributed by atoms with Crippen molar-refractivity contribution in [2.45, 2.75) is 57.8 Å². The minimum Gasteiger partial charge on any atom is -0.309 e. The predicted octanol–water partition coefficient (Wildman–Crippen LogP) is 31.3. The second-order valence-electron chi connectivity index (χ2n) is 34.2. The number of aromatic nitrogens is 3. The van der Waals surface area contributed by atoms with Gasteiger partial charge in [-0.2, -0.15) is 0 Å². The summed E-state index contributed by atoms with van der Waals surface area (Å²) in [5.74, 6) is 0. The molecular formula is C117H87N3. The first kappa shape index (κ1) is 71.9. The maximum atomic E-state index is 2.44. The molecule has 3 aliphatic carbocycles. The quantitative estimate of drug-likeness (QED) is 0.137.